The van der Waals surface area contributed by atoms with Crippen LogP contribution in [0.3, 0.4) is 0 Å². The molecule has 0 fully saturated rings. The number of amides is 1. The third-order valence-corrected chi connectivity index (χ3v) is 7.40. The summed E-state index contributed by atoms with van der Waals surface area (Å²) in [4.78, 5) is 41.4. The molecule has 2 aromatic carbocycles. The summed E-state index contributed by atoms with van der Waals surface area (Å²) in [6.45, 7) is 6.01. The number of fused-ring (bicyclic) bond motifs is 3. The molecular formula is C31H37N3O5. The minimum atomic E-state index is -1.08. The van der Waals surface area contributed by atoms with Crippen molar-refractivity contribution in [3.63, 3.8) is 0 Å². The number of nitrogens with zero attached hydrogens (tertiary/aromatic N) is 1. The molecule has 0 spiro atoms. The Balaban J connectivity index is 1.26. The van der Waals surface area contributed by atoms with Crippen LogP contribution in [0, 0.1) is 5.41 Å². The number of carbonyl (C=O) groups excluding carboxylic acids is 2. The van der Waals surface area contributed by atoms with Gasteiger partial charge in [-0.3, -0.25) is 19.9 Å². The lowest BCUT2D eigenvalue weighted by Crippen LogP contribution is -2.45. The van der Waals surface area contributed by atoms with Gasteiger partial charge in [0.2, 0.25) is 5.91 Å². The molecule has 4 rings (SSSR count). The van der Waals surface area contributed by atoms with Gasteiger partial charge in [0.05, 0.1) is 18.2 Å². The van der Waals surface area contributed by atoms with Gasteiger partial charge in [0.25, 0.3) is 0 Å². The van der Waals surface area contributed by atoms with Crippen LogP contribution in [0.1, 0.15) is 70.0 Å². The van der Waals surface area contributed by atoms with E-state index in [1.165, 1.54) is 0 Å². The third kappa shape index (κ3) is 6.63. The van der Waals surface area contributed by atoms with Crippen LogP contribution in [0.15, 0.2) is 64.9 Å². The Labute approximate surface area is 229 Å². The first-order valence-corrected chi connectivity index (χ1v) is 13.5. The molecule has 4 N–H and O–H groups in total. The summed E-state index contributed by atoms with van der Waals surface area (Å²) < 4.78 is 0. The van der Waals surface area contributed by atoms with Crippen LogP contribution in [-0.2, 0) is 14.4 Å². The molecule has 39 heavy (non-hydrogen) atoms. The number of Topliss-reactive ketones (excluding diaryl/α,β-unsaturated/α-hetero) is 1. The molecule has 0 unspecified atom stereocenters. The van der Waals surface area contributed by atoms with Gasteiger partial charge in [-0.1, -0.05) is 62.4 Å². The Bertz CT molecular complexity index is 1280. The van der Waals surface area contributed by atoms with Crippen molar-refractivity contribution in [3.8, 4) is 11.1 Å². The van der Waals surface area contributed by atoms with E-state index in [1.54, 1.807) is 6.92 Å². The molecule has 2 aliphatic rings. The number of aliphatic hydroxyl groups excluding tert-OH is 1. The van der Waals surface area contributed by atoms with E-state index in [9.17, 15) is 24.6 Å². The lowest BCUT2D eigenvalue weighted by atomic mass is 9.76. The van der Waals surface area contributed by atoms with Gasteiger partial charge < -0.3 is 15.5 Å². The third-order valence-electron chi connectivity index (χ3n) is 7.40. The highest BCUT2D eigenvalue weighted by atomic mass is 16.4. The number of aliphatic hydroxyl groups is 1. The van der Waals surface area contributed by atoms with Gasteiger partial charge in [-0.25, -0.2) is 4.79 Å². The van der Waals surface area contributed by atoms with E-state index in [0.29, 0.717) is 43.5 Å². The standard InChI is InChI=1S/C31H37N3O5/c1-19(28-25(35)16-31(2,3)17-26(28)36)32-15-9-8-14-24(30(38)39)34-27(37)18-33-29-22-12-6-4-10-20(22)21-11-5-7-13-23(21)29/h4-7,10-13,24,29,33,35H,8-9,14-18H2,1-3H3,(H,34,37)(H,38,39)/t24-/m1/s1. The topological polar surface area (TPSA) is 128 Å². The highest BCUT2D eigenvalue weighted by Gasteiger charge is 2.34. The van der Waals surface area contributed by atoms with Gasteiger partial charge in [0.1, 0.15) is 11.8 Å². The molecule has 2 aromatic rings. The molecule has 0 aliphatic heterocycles. The van der Waals surface area contributed by atoms with Crippen LogP contribution in [0.2, 0.25) is 0 Å². The predicted octanol–water partition coefficient (Wildman–Crippen LogP) is 4.75. The number of carboxylic acid groups (broad SMARTS) is 1. The van der Waals surface area contributed by atoms with Crippen molar-refractivity contribution in [1.29, 1.82) is 0 Å². The Morgan fingerprint density at radius 2 is 1.64 bits per heavy atom. The zero-order valence-corrected chi connectivity index (χ0v) is 22.8. The van der Waals surface area contributed by atoms with Crippen LogP contribution < -0.4 is 10.6 Å². The fourth-order valence-corrected chi connectivity index (χ4v) is 5.56. The van der Waals surface area contributed by atoms with E-state index in [0.717, 1.165) is 22.3 Å². The number of carboxylic acids is 1. The first-order chi connectivity index (χ1) is 18.6. The number of aliphatic imine (C=N–C) groups is 1. The summed E-state index contributed by atoms with van der Waals surface area (Å²) >= 11 is 0. The maximum Gasteiger partial charge on any atom is 0.326 e. The number of benzene rings is 2. The van der Waals surface area contributed by atoms with Gasteiger partial charge in [-0.05, 0) is 53.9 Å². The lowest BCUT2D eigenvalue weighted by molar-refractivity contribution is -0.141. The molecule has 0 aromatic heterocycles. The van der Waals surface area contributed by atoms with Crippen LogP contribution in [0.25, 0.3) is 11.1 Å². The van der Waals surface area contributed by atoms with Crippen molar-refractivity contribution in [2.45, 2.75) is 65.0 Å². The monoisotopic (exact) mass is 531 g/mol. The maximum atomic E-state index is 12.7. The number of allylic oxidation sites excluding steroid dienone is 2. The Morgan fingerprint density at radius 1 is 1.03 bits per heavy atom. The van der Waals surface area contributed by atoms with Crippen molar-refractivity contribution in [1.82, 2.24) is 10.6 Å². The largest absolute Gasteiger partial charge is 0.511 e. The number of rotatable bonds is 11. The lowest BCUT2D eigenvalue weighted by Gasteiger charge is -2.29. The van der Waals surface area contributed by atoms with Gasteiger partial charge in [0, 0.05) is 25.1 Å². The smallest absolute Gasteiger partial charge is 0.326 e. The SMILES string of the molecule is CC(=NCCCC[C@@H](NC(=O)CNC1c2ccccc2-c2ccccc21)C(=O)O)C1=C(O)CC(C)(C)CC1=O. The molecule has 8 nitrogen and oxygen atoms in total. The van der Waals surface area contributed by atoms with Crippen molar-refractivity contribution in [2.24, 2.45) is 10.4 Å². The second kappa shape index (κ2) is 11.9. The van der Waals surface area contributed by atoms with Gasteiger partial charge in [-0.2, -0.15) is 0 Å². The number of aliphatic carboxylic acids is 1. The number of unbranched alkanes of at least 4 members (excludes halogenated alkanes) is 1. The molecule has 0 bridgehead atoms. The van der Waals surface area contributed by atoms with Gasteiger partial charge in [-0.15, -0.1) is 0 Å². The van der Waals surface area contributed by atoms with E-state index in [2.05, 4.69) is 27.8 Å². The molecule has 0 heterocycles. The zero-order chi connectivity index (χ0) is 28.2. The second-order valence-corrected chi connectivity index (χ2v) is 11.2. The van der Waals surface area contributed by atoms with E-state index in [1.807, 2.05) is 50.2 Å². The molecule has 2 aliphatic carbocycles. The van der Waals surface area contributed by atoms with Crippen molar-refractivity contribution in [3.05, 3.63) is 71.0 Å². The van der Waals surface area contributed by atoms with Crippen molar-refractivity contribution >= 4 is 23.4 Å². The van der Waals surface area contributed by atoms with Crippen LogP contribution in [-0.4, -0.2) is 52.7 Å². The quantitative estimate of drug-likeness (QED) is 0.245. The summed E-state index contributed by atoms with van der Waals surface area (Å²) in [5.74, 6) is -1.47. The fourth-order valence-electron chi connectivity index (χ4n) is 5.56. The number of nitrogens with one attached hydrogen (secondary N) is 2. The van der Waals surface area contributed by atoms with Crippen molar-refractivity contribution in [2.75, 3.05) is 13.1 Å². The number of carbonyl (C=O) groups is 3. The van der Waals surface area contributed by atoms with E-state index < -0.39 is 12.0 Å². The first-order valence-electron chi connectivity index (χ1n) is 13.5. The van der Waals surface area contributed by atoms with Gasteiger partial charge >= 0.3 is 5.97 Å². The second-order valence-electron chi connectivity index (χ2n) is 11.2. The molecule has 0 radical (unpaired) electrons. The van der Waals surface area contributed by atoms with E-state index in [-0.39, 0.29) is 41.9 Å². The Morgan fingerprint density at radius 3 is 2.23 bits per heavy atom. The normalized spacial score (nSPS) is 17.5. The van der Waals surface area contributed by atoms with E-state index >= 15 is 0 Å². The Kier molecular flexibility index (Phi) is 8.65. The molecule has 1 amide bonds. The van der Waals surface area contributed by atoms with Crippen LogP contribution >= 0.6 is 0 Å². The summed E-state index contributed by atoms with van der Waals surface area (Å²) in [7, 11) is 0. The van der Waals surface area contributed by atoms with E-state index in [4.69, 9.17) is 0 Å². The molecule has 0 saturated carbocycles. The molecule has 8 heteroatoms. The molecule has 206 valence electrons. The average molecular weight is 532 g/mol. The first kappa shape index (κ1) is 28.2. The maximum absolute atomic E-state index is 12.7. The number of ketones is 1. The van der Waals surface area contributed by atoms with Gasteiger partial charge in [0.15, 0.2) is 5.78 Å². The minimum Gasteiger partial charge on any atom is -0.511 e. The van der Waals surface area contributed by atoms with Crippen LogP contribution in [0.5, 0.6) is 0 Å². The summed E-state index contributed by atoms with van der Waals surface area (Å²) in [5.41, 5.74) is 5.02. The molecular weight excluding hydrogens is 494 g/mol. The summed E-state index contributed by atoms with van der Waals surface area (Å²) in [6, 6.07) is 15.0. The van der Waals surface area contributed by atoms with Crippen molar-refractivity contribution < 1.29 is 24.6 Å². The zero-order valence-electron chi connectivity index (χ0n) is 22.8. The Hall–Kier alpha value is -3.78. The molecule has 1 atom stereocenters. The molecule has 0 saturated heterocycles. The summed E-state index contributed by atoms with van der Waals surface area (Å²) in [6.07, 6.45) is 2.21. The highest BCUT2D eigenvalue weighted by Crippen LogP contribution is 2.42. The average Bonchev–Trinajstić information content (AvgIpc) is 3.19. The van der Waals surface area contributed by atoms with Crippen LogP contribution in [0.4, 0.5) is 0 Å². The fraction of sp³-hybridized carbons (Fsp3) is 0.419. The number of hydrogen-bond acceptors (Lipinski definition) is 6. The summed E-state index contributed by atoms with van der Waals surface area (Å²) in [5, 5.41) is 25.9. The highest BCUT2D eigenvalue weighted by molar-refractivity contribution is 6.22. The minimum absolute atomic E-state index is 0.00988. The number of hydrogen-bond donors (Lipinski definition) is 4. The predicted molar refractivity (Wildman–Crippen MR) is 151 cm³/mol.